The van der Waals surface area contributed by atoms with E-state index >= 15 is 0 Å². The summed E-state index contributed by atoms with van der Waals surface area (Å²) in [6, 6.07) is 5.81. The molecular formula is C21H35N2O5P. The van der Waals surface area contributed by atoms with Gasteiger partial charge in [-0.3, -0.25) is 9.05 Å². The molecule has 0 aliphatic rings. The van der Waals surface area contributed by atoms with Crippen LogP contribution >= 0.6 is 7.82 Å². The van der Waals surface area contributed by atoms with Gasteiger partial charge in [-0.1, -0.05) is 32.8 Å². The molecule has 1 aromatic carbocycles. The van der Waals surface area contributed by atoms with Crippen LogP contribution in [0.15, 0.2) is 24.4 Å². The predicted octanol–water partition coefficient (Wildman–Crippen LogP) is 5.37. The molecule has 164 valence electrons. The van der Waals surface area contributed by atoms with Crippen molar-refractivity contribution in [3.63, 3.8) is 0 Å². The lowest BCUT2D eigenvalue weighted by Gasteiger charge is -2.18. The Morgan fingerprint density at radius 2 is 1.72 bits per heavy atom. The topological polar surface area (TPSA) is 73.0 Å². The van der Waals surface area contributed by atoms with E-state index in [1.54, 1.807) is 0 Å². The van der Waals surface area contributed by atoms with Crippen LogP contribution in [0.5, 0.6) is 5.75 Å². The molecule has 0 radical (unpaired) electrons. The number of benzene rings is 1. The molecule has 8 heteroatoms. The number of H-pyrrole nitrogens is 1. The number of ether oxygens (including phenoxy) is 1. The maximum atomic E-state index is 12.9. The van der Waals surface area contributed by atoms with Crippen LogP contribution in [0.1, 0.15) is 45.1 Å². The zero-order valence-electron chi connectivity index (χ0n) is 18.1. The Kier molecular flexibility index (Phi) is 10.2. The summed E-state index contributed by atoms with van der Waals surface area (Å²) in [7, 11) is 0.462. The highest BCUT2D eigenvalue weighted by Crippen LogP contribution is 2.49. The van der Waals surface area contributed by atoms with Crippen molar-refractivity contribution in [2.75, 3.05) is 40.6 Å². The van der Waals surface area contributed by atoms with Crippen molar-refractivity contribution in [3.8, 4) is 5.75 Å². The van der Waals surface area contributed by atoms with Gasteiger partial charge in [-0.05, 0) is 51.1 Å². The second-order valence-corrected chi connectivity index (χ2v) is 8.93. The molecule has 1 N–H and O–H groups in total. The molecule has 0 saturated carbocycles. The average molecular weight is 426 g/mol. The summed E-state index contributed by atoms with van der Waals surface area (Å²) in [6.07, 6.45) is 6.38. The van der Waals surface area contributed by atoms with E-state index in [-0.39, 0.29) is 6.79 Å². The van der Waals surface area contributed by atoms with Gasteiger partial charge in [0.2, 0.25) is 0 Å². The second kappa shape index (κ2) is 12.4. The summed E-state index contributed by atoms with van der Waals surface area (Å²) in [5.41, 5.74) is 2.17. The first-order valence-electron chi connectivity index (χ1n) is 10.4. The van der Waals surface area contributed by atoms with Crippen LogP contribution in [0.25, 0.3) is 10.9 Å². The molecule has 0 amide bonds. The van der Waals surface area contributed by atoms with Crippen molar-refractivity contribution in [3.05, 3.63) is 30.0 Å². The average Bonchev–Trinajstić information content (AvgIpc) is 3.11. The maximum Gasteiger partial charge on any atom is 0.477 e. The minimum atomic E-state index is -3.64. The van der Waals surface area contributed by atoms with E-state index in [9.17, 15) is 4.57 Å². The van der Waals surface area contributed by atoms with Gasteiger partial charge >= 0.3 is 7.82 Å². The van der Waals surface area contributed by atoms with Gasteiger partial charge in [0.15, 0.2) is 6.79 Å². The number of likely N-dealkylation sites (N-methyl/N-ethyl adjacent to an activating group) is 1. The number of nitrogens with one attached hydrogen (secondary N) is 1. The molecule has 0 bridgehead atoms. The third-order valence-electron chi connectivity index (χ3n) is 4.50. The maximum absolute atomic E-state index is 12.9. The van der Waals surface area contributed by atoms with Crippen molar-refractivity contribution >= 4 is 18.7 Å². The summed E-state index contributed by atoms with van der Waals surface area (Å²) in [4.78, 5) is 5.43. The van der Waals surface area contributed by atoms with E-state index in [1.807, 2.05) is 38.2 Å². The second-order valence-electron chi connectivity index (χ2n) is 7.26. The first kappa shape index (κ1) is 23.9. The fraction of sp³-hybridized carbons (Fsp3) is 0.619. The van der Waals surface area contributed by atoms with Gasteiger partial charge < -0.3 is 14.6 Å². The monoisotopic (exact) mass is 426 g/mol. The van der Waals surface area contributed by atoms with E-state index in [4.69, 9.17) is 18.3 Å². The van der Waals surface area contributed by atoms with Crippen LogP contribution in [0, 0.1) is 0 Å². The molecular weight excluding hydrogens is 391 g/mol. The van der Waals surface area contributed by atoms with E-state index in [0.29, 0.717) is 19.0 Å². The van der Waals surface area contributed by atoms with E-state index in [1.165, 1.54) is 5.56 Å². The minimum absolute atomic E-state index is 0.201. The molecule has 0 spiro atoms. The van der Waals surface area contributed by atoms with Gasteiger partial charge in [-0.15, -0.1) is 0 Å². The van der Waals surface area contributed by atoms with Gasteiger partial charge in [0.1, 0.15) is 5.75 Å². The summed E-state index contributed by atoms with van der Waals surface area (Å²) in [5, 5.41) is 1.02. The predicted molar refractivity (Wildman–Crippen MR) is 116 cm³/mol. The zero-order chi connectivity index (χ0) is 21.1. The third kappa shape index (κ3) is 7.76. The Bertz CT molecular complexity index is 764. The lowest BCUT2D eigenvalue weighted by Crippen LogP contribution is -2.15. The Hall–Kier alpha value is -1.37. The number of hydrogen-bond acceptors (Lipinski definition) is 6. The quantitative estimate of drug-likeness (QED) is 0.235. The zero-order valence-corrected chi connectivity index (χ0v) is 19.0. The summed E-state index contributed by atoms with van der Waals surface area (Å²) in [5.74, 6) is 0.686. The SMILES string of the molecule is CCCCOP(=O)(OCCCC)OCOc1cccc2[nH]cc(CCN(C)C)c12. The van der Waals surface area contributed by atoms with Crippen LogP contribution in [0.2, 0.25) is 0 Å². The summed E-state index contributed by atoms with van der Waals surface area (Å²) in [6.45, 7) is 5.49. The van der Waals surface area contributed by atoms with Gasteiger partial charge in [-0.2, -0.15) is 0 Å². The molecule has 1 heterocycles. The fourth-order valence-corrected chi connectivity index (χ4v) is 3.90. The number of fused-ring (bicyclic) bond motifs is 1. The number of aromatic nitrogens is 1. The van der Waals surface area contributed by atoms with E-state index < -0.39 is 7.82 Å². The Labute approximate surface area is 174 Å². The molecule has 0 unspecified atom stereocenters. The first-order valence-corrected chi connectivity index (χ1v) is 11.8. The van der Waals surface area contributed by atoms with E-state index in [0.717, 1.165) is 49.6 Å². The number of aromatic amines is 1. The van der Waals surface area contributed by atoms with Crippen LogP contribution in [0.4, 0.5) is 0 Å². The highest BCUT2D eigenvalue weighted by molar-refractivity contribution is 7.48. The van der Waals surface area contributed by atoms with Crippen molar-refractivity contribution in [1.29, 1.82) is 0 Å². The van der Waals surface area contributed by atoms with Gasteiger partial charge in [0.05, 0.1) is 13.2 Å². The van der Waals surface area contributed by atoms with Crippen LogP contribution in [-0.4, -0.2) is 50.5 Å². The van der Waals surface area contributed by atoms with E-state index in [2.05, 4.69) is 24.0 Å². The highest BCUT2D eigenvalue weighted by atomic mass is 31.2. The van der Waals surface area contributed by atoms with Crippen LogP contribution < -0.4 is 4.74 Å². The summed E-state index contributed by atoms with van der Waals surface area (Å²) < 4.78 is 35.0. The molecule has 7 nitrogen and oxygen atoms in total. The Morgan fingerprint density at radius 3 is 2.34 bits per heavy atom. The van der Waals surface area contributed by atoms with Crippen molar-refractivity contribution in [1.82, 2.24) is 9.88 Å². The minimum Gasteiger partial charge on any atom is -0.466 e. The number of hydrogen-bond donors (Lipinski definition) is 1. The molecule has 0 fully saturated rings. The number of unbranched alkanes of at least 4 members (excludes halogenated alkanes) is 2. The van der Waals surface area contributed by atoms with Crippen LogP contribution in [0.3, 0.4) is 0 Å². The number of rotatable bonds is 15. The van der Waals surface area contributed by atoms with Crippen molar-refractivity contribution in [2.24, 2.45) is 0 Å². The number of nitrogens with zero attached hydrogens (tertiary/aromatic N) is 1. The lowest BCUT2D eigenvalue weighted by atomic mass is 10.1. The Balaban J connectivity index is 2.03. The standard InChI is InChI=1S/C21H35N2O5P/c1-5-7-14-26-29(24,27-15-8-6-2)28-17-25-20-11-9-10-19-21(20)18(16-22-19)12-13-23(3)4/h9-11,16,22H,5-8,12-15,17H2,1-4H3. The normalized spacial score (nSPS) is 12.2. The van der Waals surface area contributed by atoms with Gasteiger partial charge in [-0.25, -0.2) is 9.09 Å². The smallest absolute Gasteiger partial charge is 0.466 e. The fourth-order valence-electron chi connectivity index (χ4n) is 2.79. The number of phosphoric ester groups is 1. The lowest BCUT2D eigenvalue weighted by molar-refractivity contribution is 0.0498. The first-order chi connectivity index (χ1) is 14.0. The van der Waals surface area contributed by atoms with Crippen molar-refractivity contribution in [2.45, 2.75) is 46.0 Å². The molecule has 29 heavy (non-hydrogen) atoms. The molecule has 0 aliphatic heterocycles. The largest absolute Gasteiger partial charge is 0.477 e. The molecule has 0 aliphatic carbocycles. The number of phosphoric acid groups is 1. The van der Waals surface area contributed by atoms with Crippen molar-refractivity contribution < 1.29 is 22.9 Å². The third-order valence-corrected chi connectivity index (χ3v) is 5.92. The molecule has 2 aromatic rings. The van der Waals surface area contributed by atoms with Crippen LogP contribution in [-0.2, 0) is 24.6 Å². The summed E-state index contributed by atoms with van der Waals surface area (Å²) >= 11 is 0. The van der Waals surface area contributed by atoms with Gasteiger partial charge in [0, 0.05) is 23.6 Å². The molecule has 0 atom stereocenters. The molecule has 1 aromatic heterocycles. The van der Waals surface area contributed by atoms with Gasteiger partial charge in [0.25, 0.3) is 0 Å². The highest BCUT2D eigenvalue weighted by Gasteiger charge is 2.27. The molecule has 0 saturated heterocycles. The molecule has 2 rings (SSSR count). The Morgan fingerprint density at radius 1 is 1.03 bits per heavy atom.